The minimum atomic E-state index is 0.536. The molecular formula is C14H31N3. The summed E-state index contributed by atoms with van der Waals surface area (Å²) in [5, 5.41) is 3.59. The summed E-state index contributed by atoms with van der Waals surface area (Å²) in [4.78, 5) is 4.78. The van der Waals surface area contributed by atoms with Crippen molar-refractivity contribution in [1.82, 2.24) is 15.1 Å². The summed E-state index contributed by atoms with van der Waals surface area (Å²) in [5.41, 5.74) is 0.536. The van der Waals surface area contributed by atoms with Crippen molar-refractivity contribution in [1.29, 1.82) is 0 Å². The molecule has 3 nitrogen and oxygen atoms in total. The molecule has 17 heavy (non-hydrogen) atoms. The van der Waals surface area contributed by atoms with Gasteiger partial charge in [0, 0.05) is 26.2 Å². The molecule has 0 spiro atoms. The molecule has 1 atom stereocenters. The standard InChI is InChI=1S/C14H31N3/c1-5-7-14(8-6-9-15-12-14)13-17(4)11-10-16(2)3/h15H,5-13H2,1-4H3. The van der Waals surface area contributed by atoms with E-state index in [1.807, 2.05) is 0 Å². The van der Waals surface area contributed by atoms with Crippen LogP contribution in [0.1, 0.15) is 32.6 Å². The van der Waals surface area contributed by atoms with Crippen LogP contribution in [-0.2, 0) is 0 Å². The van der Waals surface area contributed by atoms with E-state index in [1.54, 1.807) is 0 Å². The summed E-state index contributed by atoms with van der Waals surface area (Å²) in [6, 6.07) is 0. The Labute approximate surface area is 108 Å². The Kier molecular flexibility index (Phi) is 6.45. The molecule has 0 bridgehead atoms. The van der Waals surface area contributed by atoms with Gasteiger partial charge >= 0.3 is 0 Å². The molecule has 0 aromatic carbocycles. The van der Waals surface area contributed by atoms with Crippen molar-refractivity contribution in [2.24, 2.45) is 5.41 Å². The van der Waals surface area contributed by atoms with E-state index in [9.17, 15) is 0 Å². The zero-order valence-corrected chi connectivity index (χ0v) is 12.3. The van der Waals surface area contributed by atoms with Crippen molar-refractivity contribution in [2.75, 3.05) is 53.9 Å². The third-order valence-electron chi connectivity index (χ3n) is 3.88. The molecule has 1 rings (SSSR count). The molecule has 1 N–H and O–H groups in total. The lowest BCUT2D eigenvalue weighted by atomic mass is 9.76. The van der Waals surface area contributed by atoms with Crippen molar-refractivity contribution in [3.63, 3.8) is 0 Å². The van der Waals surface area contributed by atoms with E-state index in [0.717, 1.165) is 6.54 Å². The van der Waals surface area contributed by atoms with Gasteiger partial charge in [-0.1, -0.05) is 13.3 Å². The molecule has 102 valence electrons. The summed E-state index contributed by atoms with van der Waals surface area (Å²) in [5.74, 6) is 0. The lowest BCUT2D eigenvalue weighted by molar-refractivity contribution is 0.117. The summed E-state index contributed by atoms with van der Waals surface area (Å²) >= 11 is 0. The molecule has 1 saturated heterocycles. The Morgan fingerprint density at radius 3 is 2.47 bits per heavy atom. The number of hydrogen-bond acceptors (Lipinski definition) is 3. The number of nitrogens with one attached hydrogen (secondary N) is 1. The van der Waals surface area contributed by atoms with E-state index in [4.69, 9.17) is 0 Å². The Bertz CT molecular complexity index is 192. The van der Waals surface area contributed by atoms with E-state index in [2.05, 4.69) is 43.2 Å². The molecule has 0 aromatic rings. The Balaban J connectivity index is 2.42. The van der Waals surface area contributed by atoms with Crippen molar-refractivity contribution in [2.45, 2.75) is 32.6 Å². The van der Waals surface area contributed by atoms with Gasteiger partial charge in [-0.05, 0) is 52.4 Å². The highest BCUT2D eigenvalue weighted by Crippen LogP contribution is 2.32. The molecule has 0 amide bonds. The van der Waals surface area contributed by atoms with Gasteiger partial charge in [-0.15, -0.1) is 0 Å². The van der Waals surface area contributed by atoms with Crippen LogP contribution < -0.4 is 5.32 Å². The molecule has 0 radical (unpaired) electrons. The van der Waals surface area contributed by atoms with Crippen molar-refractivity contribution < 1.29 is 0 Å². The number of hydrogen-bond donors (Lipinski definition) is 1. The summed E-state index contributed by atoms with van der Waals surface area (Å²) in [7, 11) is 6.57. The maximum atomic E-state index is 3.59. The fourth-order valence-electron chi connectivity index (χ4n) is 3.01. The maximum Gasteiger partial charge on any atom is 0.0106 e. The van der Waals surface area contributed by atoms with E-state index in [0.29, 0.717) is 5.41 Å². The molecule has 1 fully saturated rings. The monoisotopic (exact) mass is 241 g/mol. The average molecular weight is 241 g/mol. The second-order valence-corrected chi connectivity index (χ2v) is 6.07. The first-order chi connectivity index (χ1) is 8.08. The number of likely N-dealkylation sites (N-methyl/N-ethyl adjacent to an activating group) is 2. The number of nitrogens with zero attached hydrogens (tertiary/aromatic N) is 2. The Morgan fingerprint density at radius 1 is 1.18 bits per heavy atom. The third kappa shape index (κ3) is 5.36. The van der Waals surface area contributed by atoms with Crippen LogP contribution in [0, 0.1) is 5.41 Å². The van der Waals surface area contributed by atoms with Crippen molar-refractivity contribution in [3.05, 3.63) is 0 Å². The van der Waals surface area contributed by atoms with Gasteiger partial charge in [-0.3, -0.25) is 0 Å². The predicted molar refractivity (Wildman–Crippen MR) is 75.5 cm³/mol. The average Bonchev–Trinajstić information content (AvgIpc) is 2.28. The van der Waals surface area contributed by atoms with Gasteiger partial charge in [0.1, 0.15) is 0 Å². The molecule has 0 aliphatic carbocycles. The third-order valence-corrected chi connectivity index (χ3v) is 3.88. The second-order valence-electron chi connectivity index (χ2n) is 6.07. The van der Waals surface area contributed by atoms with Gasteiger partial charge in [0.25, 0.3) is 0 Å². The smallest absolute Gasteiger partial charge is 0.0106 e. The largest absolute Gasteiger partial charge is 0.316 e. The fourth-order valence-corrected chi connectivity index (χ4v) is 3.01. The Hall–Kier alpha value is -0.120. The minimum absolute atomic E-state index is 0.536. The van der Waals surface area contributed by atoms with Crippen LogP contribution in [0.5, 0.6) is 0 Å². The zero-order valence-electron chi connectivity index (χ0n) is 12.3. The molecule has 1 aliphatic heterocycles. The van der Waals surface area contributed by atoms with Gasteiger partial charge in [0.05, 0.1) is 0 Å². The minimum Gasteiger partial charge on any atom is -0.316 e. The summed E-state index contributed by atoms with van der Waals surface area (Å²) < 4.78 is 0. The molecule has 0 aromatic heterocycles. The molecule has 1 heterocycles. The van der Waals surface area contributed by atoms with Crippen LogP contribution in [0.3, 0.4) is 0 Å². The zero-order chi connectivity index (χ0) is 12.7. The first-order valence-electron chi connectivity index (χ1n) is 7.12. The van der Waals surface area contributed by atoms with Crippen molar-refractivity contribution >= 4 is 0 Å². The van der Waals surface area contributed by atoms with Crippen LogP contribution in [0.4, 0.5) is 0 Å². The summed E-state index contributed by atoms with van der Waals surface area (Å²) in [6.45, 7) is 8.34. The molecular weight excluding hydrogens is 210 g/mol. The van der Waals surface area contributed by atoms with Gasteiger partial charge in [0.2, 0.25) is 0 Å². The van der Waals surface area contributed by atoms with Gasteiger partial charge in [0.15, 0.2) is 0 Å². The van der Waals surface area contributed by atoms with Crippen LogP contribution in [0.2, 0.25) is 0 Å². The fraction of sp³-hybridized carbons (Fsp3) is 1.00. The normalized spacial score (nSPS) is 25.8. The van der Waals surface area contributed by atoms with Crippen molar-refractivity contribution in [3.8, 4) is 0 Å². The second kappa shape index (κ2) is 7.34. The van der Waals surface area contributed by atoms with Crippen LogP contribution >= 0.6 is 0 Å². The predicted octanol–water partition coefficient (Wildman–Crippen LogP) is 1.65. The van der Waals surface area contributed by atoms with Gasteiger partial charge in [-0.2, -0.15) is 0 Å². The van der Waals surface area contributed by atoms with Gasteiger partial charge in [-0.25, -0.2) is 0 Å². The highest BCUT2D eigenvalue weighted by atomic mass is 15.2. The van der Waals surface area contributed by atoms with Crippen LogP contribution in [0.15, 0.2) is 0 Å². The quantitative estimate of drug-likeness (QED) is 0.731. The highest BCUT2D eigenvalue weighted by molar-refractivity contribution is 4.87. The molecule has 1 aliphatic rings. The maximum absolute atomic E-state index is 3.59. The molecule has 0 saturated carbocycles. The van der Waals surface area contributed by atoms with E-state index in [-0.39, 0.29) is 0 Å². The number of piperidine rings is 1. The molecule has 3 heteroatoms. The van der Waals surface area contributed by atoms with E-state index in [1.165, 1.54) is 51.9 Å². The van der Waals surface area contributed by atoms with Crippen LogP contribution in [-0.4, -0.2) is 63.7 Å². The summed E-state index contributed by atoms with van der Waals surface area (Å²) in [6.07, 6.45) is 5.43. The van der Waals surface area contributed by atoms with E-state index < -0.39 is 0 Å². The lowest BCUT2D eigenvalue weighted by Gasteiger charge is -2.40. The lowest BCUT2D eigenvalue weighted by Crippen LogP contribution is -2.47. The Morgan fingerprint density at radius 2 is 1.94 bits per heavy atom. The first-order valence-corrected chi connectivity index (χ1v) is 7.12. The number of rotatable bonds is 7. The molecule has 1 unspecified atom stereocenters. The topological polar surface area (TPSA) is 18.5 Å². The SMILES string of the molecule is CCCC1(CN(C)CCN(C)C)CCCNC1. The van der Waals surface area contributed by atoms with Crippen LogP contribution in [0.25, 0.3) is 0 Å². The van der Waals surface area contributed by atoms with Gasteiger partial charge < -0.3 is 15.1 Å². The van der Waals surface area contributed by atoms with E-state index >= 15 is 0 Å². The highest BCUT2D eigenvalue weighted by Gasteiger charge is 2.31. The first kappa shape index (κ1) is 14.9.